The summed E-state index contributed by atoms with van der Waals surface area (Å²) in [6.45, 7) is 0.451. The van der Waals surface area contributed by atoms with Gasteiger partial charge in [-0.05, 0) is 30.5 Å². The molecule has 0 amide bonds. The summed E-state index contributed by atoms with van der Waals surface area (Å²) in [7, 11) is -3.12. The van der Waals surface area contributed by atoms with Crippen LogP contribution in [0.3, 0.4) is 0 Å². The first-order valence-electron chi connectivity index (χ1n) is 6.37. The Hall–Kier alpha value is -0.660. The Morgan fingerprint density at radius 1 is 1.30 bits per heavy atom. The van der Waals surface area contributed by atoms with Gasteiger partial charge in [-0.3, -0.25) is 0 Å². The van der Waals surface area contributed by atoms with E-state index in [0.717, 1.165) is 30.9 Å². The summed E-state index contributed by atoms with van der Waals surface area (Å²) in [4.78, 5) is -0.108. The first kappa shape index (κ1) is 15.7. The molecule has 0 unspecified atom stereocenters. The topological polar surface area (TPSA) is 46.2 Å². The van der Waals surface area contributed by atoms with E-state index in [4.69, 9.17) is 0 Å². The van der Waals surface area contributed by atoms with E-state index in [0.29, 0.717) is 18.2 Å². The zero-order valence-electron chi connectivity index (χ0n) is 11.2. The van der Waals surface area contributed by atoms with Crippen LogP contribution in [0.5, 0.6) is 0 Å². The summed E-state index contributed by atoms with van der Waals surface area (Å²) in [6.07, 6.45) is 3.34. The van der Waals surface area contributed by atoms with E-state index < -0.39 is 21.5 Å². The second-order valence-electron chi connectivity index (χ2n) is 5.02. The number of benzene rings is 1. The molecule has 20 heavy (non-hydrogen) atoms. The number of nitrogens with one attached hydrogen (secondary N) is 1. The van der Waals surface area contributed by atoms with Crippen molar-refractivity contribution in [1.82, 2.24) is 5.32 Å². The molecule has 112 valence electrons. The SMILES string of the molecule is CS(=O)(=O)CCSc1c(F)cc(CNC2CC2)cc1F. The van der Waals surface area contributed by atoms with Crippen molar-refractivity contribution < 1.29 is 17.2 Å². The molecule has 7 heteroatoms. The van der Waals surface area contributed by atoms with Gasteiger partial charge in [0.15, 0.2) is 0 Å². The Bertz CT molecular complexity index is 563. The number of sulfone groups is 1. The summed E-state index contributed by atoms with van der Waals surface area (Å²) < 4.78 is 49.6. The van der Waals surface area contributed by atoms with Crippen LogP contribution in [0.2, 0.25) is 0 Å². The number of rotatable bonds is 7. The predicted octanol–water partition coefficient (Wildman–Crippen LogP) is 2.35. The highest BCUT2D eigenvalue weighted by molar-refractivity contribution is 8.00. The minimum atomic E-state index is -3.12. The maximum Gasteiger partial charge on any atom is 0.148 e. The van der Waals surface area contributed by atoms with E-state index in [2.05, 4.69) is 5.32 Å². The molecule has 0 aromatic heterocycles. The van der Waals surface area contributed by atoms with Gasteiger partial charge in [0.25, 0.3) is 0 Å². The van der Waals surface area contributed by atoms with E-state index in [1.165, 1.54) is 12.1 Å². The molecule has 0 bridgehead atoms. The van der Waals surface area contributed by atoms with Crippen molar-refractivity contribution in [1.29, 1.82) is 0 Å². The molecule has 1 aromatic rings. The molecule has 1 aliphatic rings. The lowest BCUT2D eigenvalue weighted by atomic mass is 10.2. The van der Waals surface area contributed by atoms with Gasteiger partial charge in [0, 0.05) is 24.6 Å². The second-order valence-corrected chi connectivity index (χ2v) is 8.39. The number of halogens is 2. The van der Waals surface area contributed by atoms with Crippen LogP contribution in [0.1, 0.15) is 18.4 Å². The average molecular weight is 321 g/mol. The maximum absolute atomic E-state index is 13.8. The first-order valence-corrected chi connectivity index (χ1v) is 9.41. The van der Waals surface area contributed by atoms with Gasteiger partial charge < -0.3 is 5.32 Å². The van der Waals surface area contributed by atoms with Crippen LogP contribution in [0.25, 0.3) is 0 Å². The van der Waals surface area contributed by atoms with Crippen molar-refractivity contribution in [2.45, 2.75) is 30.3 Å². The van der Waals surface area contributed by atoms with E-state index in [1.54, 1.807) is 0 Å². The van der Waals surface area contributed by atoms with Crippen molar-refractivity contribution in [3.8, 4) is 0 Å². The van der Waals surface area contributed by atoms with Gasteiger partial charge in [-0.25, -0.2) is 17.2 Å². The van der Waals surface area contributed by atoms with Crippen LogP contribution in [0, 0.1) is 11.6 Å². The molecule has 1 aliphatic carbocycles. The van der Waals surface area contributed by atoms with Gasteiger partial charge in [0.2, 0.25) is 0 Å². The van der Waals surface area contributed by atoms with Crippen LogP contribution in [-0.2, 0) is 16.4 Å². The minimum Gasteiger partial charge on any atom is -0.310 e. The number of thioether (sulfide) groups is 1. The van der Waals surface area contributed by atoms with Gasteiger partial charge in [-0.15, -0.1) is 11.8 Å². The lowest BCUT2D eigenvalue weighted by Crippen LogP contribution is -2.15. The monoisotopic (exact) mass is 321 g/mol. The lowest BCUT2D eigenvalue weighted by molar-refractivity contribution is 0.534. The van der Waals surface area contributed by atoms with Crippen molar-refractivity contribution in [3.63, 3.8) is 0 Å². The molecule has 0 atom stereocenters. The summed E-state index contributed by atoms with van der Waals surface area (Å²) in [5.41, 5.74) is 0.569. The average Bonchev–Trinajstić information content (AvgIpc) is 3.12. The Morgan fingerprint density at radius 3 is 2.40 bits per heavy atom. The molecule has 2 rings (SSSR count). The molecule has 0 aliphatic heterocycles. The van der Waals surface area contributed by atoms with Crippen molar-refractivity contribution >= 4 is 21.6 Å². The molecule has 3 nitrogen and oxygen atoms in total. The molecule has 0 heterocycles. The zero-order valence-corrected chi connectivity index (χ0v) is 12.8. The molecule has 0 saturated heterocycles. The van der Waals surface area contributed by atoms with Crippen LogP contribution >= 0.6 is 11.8 Å². The molecular weight excluding hydrogens is 304 g/mol. The minimum absolute atomic E-state index is 0.0957. The summed E-state index contributed by atoms with van der Waals surface area (Å²) >= 11 is 0.896. The van der Waals surface area contributed by atoms with Crippen molar-refractivity contribution in [3.05, 3.63) is 29.3 Å². The van der Waals surface area contributed by atoms with Crippen molar-refractivity contribution in [2.24, 2.45) is 0 Å². The predicted molar refractivity (Wildman–Crippen MR) is 76.7 cm³/mol. The molecule has 1 aromatic carbocycles. The van der Waals surface area contributed by atoms with E-state index >= 15 is 0 Å². The highest BCUT2D eigenvalue weighted by Gasteiger charge is 2.20. The van der Waals surface area contributed by atoms with Gasteiger partial charge in [0.1, 0.15) is 21.5 Å². The first-order chi connectivity index (χ1) is 9.35. The van der Waals surface area contributed by atoms with Crippen LogP contribution in [0.4, 0.5) is 8.78 Å². The fraction of sp³-hybridized carbons (Fsp3) is 0.538. The molecular formula is C13H17F2NO2S2. The molecule has 0 radical (unpaired) electrons. The highest BCUT2D eigenvalue weighted by atomic mass is 32.2. The quantitative estimate of drug-likeness (QED) is 0.783. The summed E-state index contributed by atoms with van der Waals surface area (Å²) in [6, 6.07) is 3.09. The second kappa shape index (κ2) is 6.41. The van der Waals surface area contributed by atoms with Crippen LogP contribution in [-0.4, -0.2) is 32.2 Å². The van der Waals surface area contributed by atoms with Crippen LogP contribution in [0.15, 0.2) is 17.0 Å². The number of hydrogen-bond donors (Lipinski definition) is 1. The fourth-order valence-electron chi connectivity index (χ4n) is 1.70. The smallest absolute Gasteiger partial charge is 0.148 e. The van der Waals surface area contributed by atoms with E-state index in [1.807, 2.05) is 0 Å². The third kappa shape index (κ3) is 5.03. The number of hydrogen-bond acceptors (Lipinski definition) is 4. The fourth-order valence-corrected chi connectivity index (χ4v) is 3.84. The Morgan fingerprint density at radius 2 is 1.90 bits per heavy atom. The van der Waals surface area contributed by atoms with Crippen LogP contribution < -0.4 is 5.32 Å². The standard InChI is InChI=1S/C13H17F2NO2S2/c1-20(17,18)5-4-19-13-11(14)6-9(7-12(13)15)8-16-10-2-3-10/h6-7,10,16H,2-5,8H2,1H3. The third-order valence-corrected chi connectivity index (χ3v) is 5.22. The Labute approximate surface area is 122 Å². The van der Waals surface area contributed by atoms with Gasteiger partial charge in [-0.2, -0.15) is 0 Å². The molecule has 1 fully saturated rings. The summed E-state index contributed by atoms with van der Waals surface area (Å²) in [5.74, 6) is -1.21. The molecule has 1 saturated carbocycles. The van der Waals surface area contributed by atoms with Gasteiger partial charge in [-0.1, -0.05) is 0 Å². The zero-order chi connectivity index (χ0) is 14.8. The van der Waals surface area contributed by atoms with E-state index in [-0.39, 0.29) is 16.4 Å². The lowest BCUT2D eigenvalue weighted by Gasteiger charge is -2.08. The highest BCUT2D eigenvalue weighted by Crippen LogP contribution is 2.27. The van der Waals surface area contributed by atoms with Gasteiger partial charge in [0.05, 0.1) is 10.6 Å². The Kier molecular flexibility index (Phi) is 5.04. The molecule has 1 N–H and O–H groups in total. The third-order valence-electron chi connectivity index (χ3n) is 2.93. The maximum atomic E-state index is 13.8. The van der Waals surface area contributed by atoms with Crippen molar-refractivity contribution in [2.75, 3.05) is 17.8 Å². The largest absolute Gasteiger partial charge is 0.310 e. The molecule has 0 spiro atoms. The Balaban J connectivity index is 1.97. The van der Waals surface area contributed by atoms with Gasteiger partial charge >= 0.3 is 0 Å². The summed E-state index contributed by atoms with van der Waals surface area (Å²) in [5, 5.41) is 3.19. The normalized spacial score (nSPS) is 15.6. The van der Waals surface area contributed by atoms with E-state index in [9.17, 15) is 17.2 Å².